The summed E-state index contributed by atoms with van der Waals surface area (Å²) in [5, 5.41) is 15.7. The van der Waals surface area contributed by atoms with Gasteiger partial charge < -0.3 is 20.5 Å². The van der Waals surface area contributed by atoms with Crippen LogP contribution in [0.4, 0.5) is 0 Å². The Balaban J connectivity index is 1.80. The number of hydrogen-bond acceptors (Lipinski definition) is 4. The molecule has 92 valence electrons. The van der Waals surface area contributed by atoms with Crippen LogP contribution in [-0.4, -0.2) is 49.0 Å². The molecule has 16 heavy (non-hydrogen) atoms. The molecular weight excluding hydrogens is 208 g/mol. The largest absolute Gasteiger partial charge is 0.391 e. The van der Waals surface area contributed by atoms with Gasteiger partial charge in [-0.05, 0) is 12.8 Å². The molecule has 1 aliphatic heterocycles. The van der Waals surface area contributed by atoms with Gasteiger partial charge in [-0.25, -0.2) is 0 Å². The molecule has 0 bridgehead atoms. The van der Waals surface area contributed by atoms with Crippen molar-refractivity contribution in [3.05, 3.63) is 0 Å². The summed E-state index contributed by atoms with van der Waals surface area (Å²) >= 11 is 0. The van der Waals surface area contributed by atoms with E-state index in [0.29, 0.717) is 13.2 Å². The normalized spacial score (nSPS) is 35.7. The molecule has 0 aromatic heterocycles. The highest BCUT2D eigenvalue weighted by molar-refractivity contribution is 5.81. The van der Waals surface area contributed by atoms with Crippen molar-refractivity contribution in [2.45, 2.75) is 43.9 Å². The molecule has 5 heteroatoms. The van der Waals surface area contributed by atoms with Crippen molar-refractivity contribution in [2.24, 2.45) is 0 Å². The van der Waals surface area contributed by atoms with E-state index in [1.165, 1.54) is 0 Å². The Labute approximate surface area is 95.5 Å². The SMILES string of the molecule is O=C(N[C@@H]1CCCC[C@H]1O)C1CNCCO1. The monoisotopic (exact) mass is 228 g/mol. The lowest BCUT2D eigenvalue weighted by atomic mass is 9.92. The lowest BCUT2D eigenvalue weighted by Crippen LogP contribution is -2.53. The second-order valence-electron chi connectivity index (χ2n) is 4.53. The summed E-state index contributed by atoms with van der Waals surface area (Å²) in [7, 11) is 0. The van der Waals surface area contributed by atoms with Crippen molar-refractivity contribution < 1.29 is 14.6 Å². The molecule has 3 N–H and O–H groups in total. The molecule has 1 saturated heterocycles. The molecule has 1 unspecified atom stereocenters. The second-order valence-corrected chi connectivity index (χ2v) is 4.53. The van der Waals surface area contributed by atoms with Crippen LogP contribution in [0.2, 0.25) is 0 Å². The van der Waals surface area contributed by atoms with Gasteiger partial charge in [-0.3, -0.25) is 4.79 Å². The number of nitrogens with one attached hydrogen (secondary N) is 2. The zero-order valence-corrected chi connectivity index (χ0v) is 9.45. The molecule has 2 fully saturated rings. The average molecular weight is 228 g/mol. The van der Waals surface area contributed by atoms with Crippen molar-refractivity contribution in [2.75, 3.05) is 19.7 Å². The van der Waals surface area contributed by atoms with E-state index in [-0.39, 0.29) is 11.9 Å². The molecule has 1 aliphatic carbocycles. The smallest absolute Gasteiger partial charge is 0.250 e. The topological polar surface area (TPSA) is 70.6 Å². The van der Waals surface area contributed by atoms with Gasteiger partial charge in [0.25, 0.3) is 5.91 Å². The summed E-state index contributed by atoms with van der Waals surface area (Å²) in [4.78, 5) is 11.8. The Morgan fingerprint density at radius 2 is 2.19 bits per heavy atom. The number of hydrogen-bond donors (Lipinski definition) is 3. The Bertz CT molecular complexity index is 241. The summed E-state index contributed by atoms with van der Waals surface area (Å²) in [5.41, 5.74) is 0. The minimum atomic E-state index is -0.400. The third-order valence-corrected chi connectivity index (χ3v) is 3.28. The Morgan fingerprint density at radius 3 is 2.88 bits per heavy atom. The van der Waals surface area contributed by atoms with Gasteiger partial charge >= 0.3 is 0 Å². The minimum absolute atomic E-state index is 0.0909. The lowest BCUT2D eigenvalue weighted by molar-refractivity contribution is -0.136. The van der Waals surface area contributed by atoms with Crippen LogP contribution in [0, 0.1) is 0 Å². The standard InChI is InChI=1S/C11H20N2O3/c14-9-4-2-1-3-8(9)13-11(15)10-7-12-5-6-16-10/h8-10,12,14H,1-7H2,(H,13,15)/t8-,9-,10?/m1/s1. The first-order valence-electron chi connectivity index (χ1n) is 6.08. The fourth-order valence-electron chi connectivity index (χ4n) is 2.29. The van der Waals surface area contributed by atoms with Crippen LogP contribution in [0.25, 0.3) is 0 Å². The summed E-state index contributed by atoms with van der Waals surface area (Å²) in [6.07, 6.45) is 2.99. The molecule has 3 atom stereocenters. The third-order valence-electron chi connectivity index (χ3n) is 3.28. The number of ether oxygens (including phenoxy) is 1. The fraction of sp³-hybridized carbons (Fsp3) is 0.909. The van der Waals surface area contributed by atoms with Crippen molar-refractivity contribution in [1.82, 2.24) is 10.6 Å². The Kier molecular flexibility index (Phi) is 4.15. The molecule has 2 aliphatic rings. The predicted octanol–water partition coefficient (Wildman–Crippen LogP) is -0.605. The predicted molar refractivity (Wildman–Crippen MR) is 59.0 cm³/mol. The number of carbonyl (C=O) groups excluding carboxylic acids is 1. The molecule has 2 rings (SSSR count). The quantitative estimate of drug-likeness (QED) is 0.590. The fourth-order valence-corrected chi connectivity index (χ4v) is 2.29. The van der Waals surface area contributed by atoms with Gasteiger partial charge in [0.15, 0.2) is 0 Å². The molecule has 0 aromatic rings. The van der Waals surface area contributed by atoms with Crippen LogP contribution in [0.15, 0.2) is 0 Å². The van der Waals surface area contributed by atoms with E-state index in [4.69, 9.17) is 4.74 Å². The van der Waals surface area contributed by atoms with Crippen LogP contribution in [0.3, 0.4) is 0 Å². The van der Waals surface area contributed by atoms with Gasteiger partial charge in [-0.1, -0.05) is 12.8 Å². The van der Waals surface area contributed by atoms with Crippen LogP contribution < -0.4 is 10.6 Å². The maximum Gasteiger partial charge on any atom is 0.250 e. The highest BCUT2D eigenvalue weighted by Crippen LogP contribution is 2.18. The Morgan fingerprint density at radius 1 is 1.38 bits per heavy atom. The molecule has 1 amide bonds. The third kappa shape index (κ3) is 2.93. The highest BCUT2D eigenvalue weighted by atomic mass is 16.5. The van der Waals surface area contributed by atoms with Crippen molar-refractivity contribution in [1.29, 1.82) is 0 Å². The zero-order chi connectivity index (χ0) is 11.4. The van der Waals surface area contributed by atoms with E-state index >= 15 is 0 Å². The molecule has 1 saturated carbocycles. The average Bonchev–Trinajstić information content (AvgIpc) is 2.33. The maximum atomic E-state index is 11.8. The maximum absolute atomic E-state index is 11.8. The molecular formula is C11H20N2O3. The molecule has 5 nitrogen and oxygen atoms in total. The van der Waals surface area contributed by atoms with E-state index in [9.17, 15) is 9.90 Å². The number of aliphatic hydroxyl groups is 1. The molecule has 0 spiro atoms. The van der Waals surface area contributed by atoms with E-state index in [1.807, 2.05) is 0 Å². The van der Waals surface area contributed by atoms with Gasteiger partial charge in [-0.15, -0.1) is 0 Å². The number of aliphatic hydroxyl groups excluding tert-OH is 1. The van der Waals surface area contributed by atoms with Crippen LogP contribution >= 0.6 is 0 Å². The summed E-state index contributed by atoms with van der Waals surface area (Å²) in [6.45, 7) is 1.94. The van der Waals surface area contributed by atoms with Gasteiger partial charge in [0.2, 0.25) is 0 Å². The highest BCUT2D eigenvalue weighted by Gasteiger charge is 2.28. The van der Waals surface area contributed by atoms with Crippen LogP contribution in [0.5, 0.6) is 0 Å². The van der Waals surface area contributed by atoms with E-state index < -0.39 is 12.2 Å². The van der Waals surface area contributed by atoms with Gasteiger partial charge in [0, 0.05) is 13.1 Å². The first-order valence-corrected chi connectivity index (χ1v) is 6.08. The molecule has 1 heterocycles. The number of amides is 1. The van der Waals surface area contributed by atoms with Crippen molar-refractivity contribution >= 4 is 5.91 Å². The van der Waals surface area contributed by atoms with Gasteiger partial charge in [-0.2, -0.15) is 0 Å². The van der Waals surface area contributed by atoms with E-state index in [2.05, 4.69) is 10.6 Å². The first kappa shape index (κ1) is 11.8. The van der Waals surface area contributed by atoms with Crippen molar-refractivity contribution in [3.8, 4) is 0 Å². The minimum Gasteiger partial charge on any atom is -0.391 e. The van der Waals surface area contributed by atoms with Crippen molar-refractivity contribution in [3.63, 3.8) is 0 Å². The summed E-state index contributed by atoms with van der Waals surface area (Å²) < 4.78 is 5.36. The van der Waals surface area contributed by atoms with E-state index in [0.717, 1.165) is 32.2 Å². The van der Waals surface area contributed by atoms with Gasteiger partial charge in [0.1, 0.15) is 6.10 Å². The second kappa shape index (κ2) is 5.61. The van der Waals surface area contributed by atoms with E-state index in [1.54, 1.807) is 0 Å². The summed E-state index contributed by atoms with van der Waals surface area (Å²) in [6, 6.07) is -0.0909. The van der Waals surface area contributed by atoms with Crippen LogP contribution in [0.1, 0.15) is 25.7 Å². The molecule has 0 radical (unpaired) electrons. The lowest BCUT2D eigenvalue weighted by Gasteiger charge is -2.30. The Hall–Kier alpha value is -0.650. The van der Waals surface area contributed by atoms with Gasteiger partial charge in [0.05, 0.1) is 18.8 Å². The number of rotatable bonds is 2. The first-order chi connectivity index (χ1) is 7.77. The molecule has 0 aromatic carbocycles. The zero-order valence-electron chi connectivity index (χ0n) is 9.45. The summed E-state index contributed by atoms with van der Waals surface area (Å²) in [5.74, 6) is -0.0989. The number of morpholine rings is 1. The number of carbonyl (C=O) groups is 1. The van der Waals surface area contributed by atoms with Crippen LogP contribution in [-0.2, 0) is 9.53 Å².